The molecule has 3 fully saturated rings. The van der Waals surface area contributed by atoms with Gasteiger partial charge in [0.15, 0.2) is 0 Å². The van der Waals surface area contributed by atoms with Crippen molar-refractivity contribution in [3.63, 3.8) is 0 Å². The van der Waals surface area contributed by atoms with Crippen molar-refractivity contribution in [2.45, 2.75) is 68.1 Å². The highest BCUT2D eigenvalue weighted by Gasteiger charge is 2.53. The van der Waals surface area contributed by atoms with E-state index in [9.17, 15) is 0 Å². The van der Waals surface area contributed by atoms with Crippen LogP contribution in [0.25, 0.3) is 22.3 Å². The van der Waals surface area contributed by atoms with Crippen LogP contribution in [0.5, 0.6) is 0 Å². The summed E-state index contributed by atoms with van der Waals surface area (Å²) in [5.74, 6) is 2.60. The van der Waals surface area contributed by atoms with Crippen LogP contribution in [-0.2, 0) is 10.8 Å². The molecule has 3 atom stereocenters. The molecule has 0 heterocycles. The molecule has 3 saturated carbocycles. The van der Waals surface area contributed by atoms with Crippen molar-refractivity contribution in [2.75, 3.05) is 4.90 Å². The molecule has 5 aliphatic carbocycles. The first-order valence-corrected chi connectivity index (χ1v) is 19.1. The summed E-state index contributed by atoms with van der Waals surface area (Å²) in [5.41, 5.74) is 17.2. The van der Waals surface area contributed by atoms with Crippen LogP contribution < -0.4 is 4.90 Å². The van der Waals surface area contributed by atoms with E-state index in [1.165, 1.54) is 76.1 Å². The smallest absolute Gasteiger partial charge is 0.0465 e. The van der Waals surface area contributed by atoms with Crippen LogP contribution in [0.1, 0.15) is 85.1 Å². The third-order valence-electron chi connectivity index (χ3n) is 14.0. The standard InChI is InChI=1S/C49H43N/c1-2-10-36(11-3-1)50(37-22-20-34(21-23-37)43-31-33-18-19-35(43)30-33)38-24-25-42-41-14-6-9-17-46(41)49(47(42)32-38)28-26-48(27-29-49)44-15-7-4-12-39(44)40-13-5-8-16-45(40)48/h1-17,20-25,32-33,35,43H,18-19,26-31H2. The van der Waals surface area contributed by atoms with Crippen LogP contribution in [0.4, 0.5) is 17.1 Å². The molecule has 1 heteroatoms. The lowest BCUT2D eigenvalue weighted by Gasteiger charge is -2.45. The molecule has 1 nitrogen and oxygen atoms in total. The molecule has 0 amide bonds. The lowest BCUT2D eigenvalue weighted by Crippen LogP contribution is -2.39. The molecule has 3 unspecified atom stereocenters. The Morgan fingerprint density at radius 3 is 1.48 bits per heavy atom. The molecule has 6 aromatic carbocycles. The zero-order chi connectivity index (χ0) is 32.9. The molecule has 2 spiro atoms. The molecule has 6 aromatic rings. The molecular formula is C49H43N. The summed E-state index contributed by atoms with van der Waals surface area (Å²) in [6.07, 6.45) is 10.3. The van der Waals surface area contributed by atoms with Gasteiger partial charge in [-0.05, 0) is 149 Å². The summed E-state index contributed by atoms with van der Waals surface area (Å²) in [7, 11) is 0. The van der Waals surface area contributed by atoms with Crippen LogP contribution >= 0.6 is 0 Å². The Hall–Kier alpha value is -4.88. The molecule has 5 aliphatic rings. The summed E-state index contributed by atoms with van der Waals surface area (Å²) < 4.78 is 0. The van der Waals surface area contributed by atoms with Gasteiger partial charge in [-0.2, -0.15) is 0 Å². The fourth-order valence-corrected chi connectivity index (χ4v) is 11.7. The van der Waals surface area contributed by atoms with E-state index >= 15 is 0 Å². The van der Waals surface area contributed by atoms with Gasteiger partial charge in [0.25, 0.3) is 0 Å². The second kappa shape index (κ2) is 10.8. The Kier molecular flexibility index (Phi) is 6.25. The van der Waals surface area contributed by atoms with Gasteiger partial charge in [-0.15, -0.1) is 0 Å². The Morgan fingerprint density at radius 2 is 0.920 bits per heavy atom. The van der Waals surface area contributed by atoms with Crippen molar-refractivity contribution in [3.05, 3.63) is 173 Å². The van der Waals surface area contributed by atoms with Gasteiger partial charge >= 0.3 is 0 Å². The van der Waals surface area contributed by atoms with Crippen LogP contribution in [0.3, 0.4) is 0 Å². The van der Waals surface area contributed by atoms with Gasteiger partial charge in [-0.3, -0.25) is 0 Å². The van der Waals surface area contributed by atoms with E-state index in [1.807, 2.05) is 0 Å². The normalized spacial score (nSPS) is 22.7. The first kappa shape index (κ1) is 28.9. The Bertz CT molecular complexity index is 2210. The van der Waals surface area contributed by atoms with Gasteiger partial charge in [0.1, 0.15) is 0 Å². The highest BCUT2D eigenvalue weighted by Crippen LogP contribution is 2.64. The van der Waals surface area contributed by atoms with Crippen molar-refractivity contribution < 1.29 is 0 Å². The van der Waals surface area contributed by atoms with E-state index in [4.69, 9.17) is 0 Å². The summed E-state index contributed by atoms with van der Waals surface area (Å²) >= 11 is 0. The molecule has 0 radical (unpaired) electrons. The maximum absolute atomic E-state index is 2.57. The molecule has 50 heavy (non-hydrogen) atoms. The second-order valence-electron chi connectivity index (χ2n) is 16.1. The zero-order valence-corrected chi connectivity index (χ0v) is 28.7. The number of nitrogens with zero attached hydrogens (tertiary/aromatic N) is 1. The van der Waals surface area contributed by atoms with E-state index in [0.717, 1.165) is 43.4 Å². The second-order valence-corrected chi connectivity index (χ2v) is 16.1. The number of anilines is 3. The average molecular weight is 646 g/mol. The Balaban J connectivity index is 1.01. The third kappa shape index (κ3) is 4.01. The van der Waals surface area contributed by atoms with E-state index in [0.29, 0.717) is 0 Å². The van der Waals surface area contributed by atoms with Crippen molar-refractivity contribution >= 4 is 17.1 Å². The van der Waals surface area contributed by atoms with Crippen LogP contribution in [-0.4, -0.2) is 0 Å². The van der Waals surface area contributed by atoms with Gasteiger partial charge in [0.05, 0.1) is 0 Å². The molecule has 0 aliphatic heterocycles. The number of hydrogen-bond acceptors (Lipinski definition) is 1. The maximum Gasteiger partial charge on any atom is 0.0465 e. The molecule has 2 bridgehead atoms. The molecular weight excluding hydrogens is 603 g/mol. The number of para-hydroxylation sites is 1. The minimum atomic E-state index is 0.00761. The van der Waals surface area contributed by atoms with Gasteiger partial charge in [-0.25, -0.2) is 0 Å². The zero-order valence-electron chi connectivity index (χ0n) is 28.7. The largest absolute Gasteiger partial charge is 0.310 e. The monoisotopic (exact) mass is 645 g/mol. The quantitative estimate of drug-likeness (QED) is 0.184. The lowest BCUT2D eigenvalue weighted by atomic mass is 9.57. The lowest BCUT2D eigenvalue weighted by molar-refractivity contribution is 0.265. The van der Waals surface area contributed by atoms with Gasteiger partial charge in [0, 0.05) is 27.9 Å². The van der Waals surface area contributed by atoms with Crippen molar-refractivity contribution in [2.24, 2.45) is 11.8 Å². The SMILES string of the molecule is c1ccc(N(c2ccc(C3CC4CCC3C4)cc2)c2ccc3c(c2)C2(CCC4(CC2)c2ccccc2-c2ccccc24)c2ccccc2-3)cc1. The average Bonchev–Trinajstić information content (AvgIpc) is 3.95. The Morgan fingerprint density at radius 1 is 0.420 bits per heavy atom. The van der Waals surface area contributed by atoms with Crippen LogP contribution in [0.2, 0.25) is 0 Å². The summed E-state index contributed by atoms with van der Waals surface area (Å²) in [6, 6.07) is 55.9. The maximum atomic E-state index is 2.57. The minimum absolute atomic E-state index is 0.00761. The van der Waals surface area contributed by atoms with E-state index in [2.05, 4.69) is 150 Å². The summed E-state index contributed by atoms with van der Waals surface area (Å²) in [6.45, 7) is 0. The first-order chi connectivity index (χ1) is 24.7. The fourth-order valence-electron chi connectivity index (χ4n) is 11.7. The predicted octanol–water partition coefficient (Wildman–Crippen LogP) is 12.9. The van der Waals surface area contributed by atoms with Crippen molar-refractivity contribution in [1.29, 1.82) is 0 Å². The van der Waals surface area contributed by atoms with Gasteiger partial charge < -0.3 is 4.90 Å². The Labute approximate surface area is 296 Å². The molecule has 0 saturated heterocycles. The molecule has 0 N–H and O–H groups in total. The number of benzene rings is 6. The summed E-state index contributed by atoms with van der Waals surface area (Å²) in [4.78, 5) is 2.50. The number of fused-ring (bicyclic) bond motifs is 12. The molecule has 0 aromatic heterocycles. The predicted molar refractivity (Wildman–Crippen MR) is 207 cm³/mol. The highest BCUT2D eigenvalue weighted by atomic mass is 15.1. The van der Waals surface area contributed by atoms with E-state index < -0.39 is 0 Å². The minimum Gasteiger partial charge on any atom is -0.310 e. The third-order valence-corrected chi connectivity index (χ3v) is 14.0. The fraction of sp³-hybridized carbons (Fsp3) is 0.265. The topological polar surface area (TPSA) is 3.24 Å². The first-order valence-electron chi connectivity index (χ1n) is 19.1. The van der Waals surface area contributed by atoms with Crippen molar-refractivity contribution in [1.82, 2.24) is 0 Å². The van der Waals surface area contributed by atoms with E-state index in [1.54, 1.807) is 16.7 Å². The van der Waals surface area contributed by atoms with Gasteiger partial charge in [0.2, 0.25) is 0 Å². The van der Waals surface area contributed by atoms with E-state index in [-0.39, 0.29) is 10.8 Å². The number of rotatable bonds is 4. The van der Waals surface area contributed by atoms with Crippen LogP contribution in [0.15, 0.2) is 146 Å². The molecule has 11 rings (SSSR count). The number of hydrogen-bond donors (Lipinski definition) is 0. The molecule has 244 valence electrons. The van der Waals surface area contributed by atoms with Crippen LogP contribution in [0, 0.1) is 11.8 Å². The van der Waals surface area contributed by atoms with Crippen molar-refractivity contribution in [3.8, 4) is 22.3 Å². The highest BCUT2D eigenvalue weighted by molar-refractivity contribution is 5.87. The summed E-state index contributed by atoms with van der Waals surface area (Å²) in [5, 5.41) is 0. The van der Waals surface area contributed by atoms with Gasteiger partial charge in [-0.1, -0.05) is 116 Å².